The Bertz CT molecular complexity index is 690. The third kappa shape index (κ3) is 4.75. The van der Waals surface area contributed by atoms with Crippen molar-refractivity contribution in [2.45, 2.75) is 19.6 Å². The third-order valence-corrected chi connectivity index (χ3v) is 4.51. The molecule has 0 radical (unpaired) electrons. The van der Waals surface area contributed by atoms with Crippen LogP contribution in [0.15, 0.2) is 36.4 Å². The largest absolute Gasteiger partial charge is 0.325 e. The van der Waals surface area contributed by atoms with E-state index < -0.39 is 0 Å². The third-order valence-electron chi connectivity index (χ3n) is 3.30. The minimum atomic E-state index is -0.338. The lowest BCUT2D eigenvalue weighted by molar-refractivity contribution is -0.113. The first-order chi connectivity index (χ1) is 10.5. The number of nitrogens with one attached hydrogen (secondary N) is 1. The van der Waals surface area contributed by atoms with Crippen molar-refractivity contribution < 1.29 is 9.18 Å². The summed E-state index contributed by atoms with van der Waals surface area (Å²) >= 11 is 7.07. The molecule has 0 aromatic heterocycles. The van der Waals surface area contributed by atoms with Crippen LogP contribution in [0.2, 0.25) is 5.02 Å². The Morgan fingerprint density at radius 1 is 1.18 bits per heavy atom. The van der Waals surface area contributed by atoms with Crippen molar-refractivity contribution in [1.29, 1.82) is 0 Å². The summed E-state index contributed by atoms with van der Waals surface area (Å²) in [4.78, 5) is 11.9. The molecular weight excluding hydrogens is 321 g/mol. The maximum Gasteiger partial charge on any atom is 0.234 e. The highest BCUT2D eigenvalue weighted by Crippen LogP contribution is 2.20. The van der Waals surface area contributed by atoms with Gasteiger partial charge in [0.2, 0.25) is 5.91 Å². The van der Waals surface area contributed by atoms with Gasteiger partial charge in [-0.25, -0.2) is 4.39 Å². The fourth-order valence-electron chi connectivity index (χ4n) is 1.91. The highest BCUT2D eigenvalue weighted by Gasteiger charge is 2.07. The minimum absolute atomic E-state index is 0.0948. The summed E-state index contributed by atoms with van der Waals surface area (Å²) in [5, 5.41) is 3.22. The van der Waals surface area contributed by atoms with Crippen LogP contribution in [0.4, 0.5) is 10.1 Å². The molecule has 0 saturated heterocycles. The molecule has 0 fully saturated rings. The summed E-state index contributed by atoms with van der Waals surface area (Å²) in [7, 11) is 0. The smallest absolute Gasteiger partial charge is 0.234 e. The first-order valence-corrected chi connectivity index (χ1v) is 8.38. The molecule has 0 spiro atoms. The van der Waals surface area contributed by atoms with Gasteiger partial charge in [-0.05, 0) is 54.8 Å². The number of thioether (sulfide) groups is 1. The summed E-state index contributed by atoms with van der Waals surface area (Å²) in [6, 6.07) is 10.4. The van der Waals surface area contributed by atoms with Crippen LogP contribution in [0.1, 0.15) is 16.7 Å². The molecule has 22 heavy (non-hydrogen) atoms. The number of amides is 1. The second-order valence-electron chi connectivity index (χ2n) is 5.08. The average Bonchev–Trinajstić information content (AvgIpc) is 2.45. The molecule has 0 heterocycles. The molecule has 0 aliphatic heterocycles. The number of anilines is 1. The molecule has 0 aliphatic carbocycles. The quantitative estimate of drug-likeness (QED) is 0.834. The van der Waals surface area contributed by atoms with E-state index in [4.69, 9.17) is 11.6 Å². The lowest BCUT2D eigenvalue weighted by atomic mass is 10.1. The molecule has 1 N–H and O–H groups in total. The number of aryl methyl sites for hydroxylation is 2. The van der Waals surface area contributed by atoms with Crippen LogP contribution in [0.5, 0.6) is 0 Å². The Balaban J connectivity index is 1.83. The average molecular weight is 338 g/mol. The van der Waals surface area contributed by atoms with Crippen molar-refractivity contribution in [2.24, 2.45) is 0 Å². The molecule has 0 bridgehead atoms. The Morgan fingerprint density at radius 3 is 2.64 bits per heavy atom. The first-order valence-electron chi connectivity index (χ1n) is 6.84. The number of rotatable bonds is 5. The van der Waals surface area contributed by atoms with Crippen LogP contribution in [-0.4, -0.2) is 11.7 Å². The van der Waals surface area contributed by atoms with Crippen LogP contribution in [0, 0.1) is 19.7 Å². The van der Waals surface area contributed by atoms with Crippen molar-refractivity contribution in [2.75, 3.05) is 11.1 Å². The summed E-state index contributed by atoms with van der Waals surface area (Å²) in [5.74, 6) is 0.274. The van der Waals surface area contributed by atoms with Gasteiger partial charge in [0.15, 0.2) is 0 Å². The van der Waals surface area contributed by atoms with E-state index >= 15 is 0 Å². The van der Waals surface area contributed by atoms with Crippen LogP contribution in [0.25, 0.3) is 0 Å². The van der Waals surface area contributed by atoms with E-state index in [0.29, 0.717) is 16.3 Å². The normalized spacial score (nSPS) is 10.5. The first kappa shape index (κ1) is 16.8. The number of hydrogen-bond acceptors (Lipinski definition) is 2. The maximum atomic E-state index is 13.6. The molecule has 0 saturated carbocycles. The van der Waals surface area contributed by atoms with E-state index in [-0.39, 0.29) is 17.5 Å². The van der Waals surface area contributed by atoms with Gasteiger partial charge in [0, 0.05) is 16.5 Å². The zero-order chi connectivity index (χ0) is 16.1. The number of halogens is 2. The molecule has 0 unspecified atom stereocenters. The van der Waals surface area contributed by atoms with Gasteiger partial charge in [-0.3, -0.25) is 4.79 Å². The highest BCUT2D eigenvalue weighted by atomic mass is 35.5. The molecular formula is C17H17ClFNOS. The highest BCUT2D eigenvalue weighted by molar-refractivity contribution is 7.99. The van der Waals surface area contributed by atoms with Crippen molar-refractivity contribution in [3.63, 3.8) is 0 Å². The topological polar surface area (TPSA) is 29.1 Å². The second-order valence-corrected chi connectivity index (χ2v) is 6.50. The van der Waals surface area contributed by atoms with Crippen molar-refractivity contribution in [3.8, 4) is 0 Å². The molecule has 0 aliphatic rings. The van der Waals surface area contributed by atoms with Gasteiger partial charge >= 0.3 is 0 Å². The van der Waals surface area contributed by atoms with Crippen molar-refractivity contribution >= 4 is 35.0 Å². The van der Waals surface area contributed by atoms with Crippen LogP contribution < -0.4 is 5.32 Å². The van der Waals surface area contributed by atoms with Gasteiger partial charge in [0.05, 0.1) is 5.75 Å². The molecule has 0 atom stereocenters. The maximum absolute atomic E-state index is 13.6. The summed E-state index contributed by atoms with van der Waals surface area (Å²) < 4.78 is 13.6. The van der Waals surface area contributed by atoms with E-state index in [1.54, 1.807) is 12.1 Å². The lowest BCUT2D eigenvalue weighted by Gasteiger charge is -2.08. The number of carbonyl (C=O) groups is 1. The molecule has 2 aromatic carbocycles. The van der Waals surface area contributed by atoms with Crippen molar-refractivity contribution in [3.05, 3.63) is 63.9 Å². The SMILES string of the molecule is Cc1ccc(NC(=O)CSCc2ccc(Cl)cc2F)cc1C. The second kappa shape index (κ2) is 7.65. The Kier molecular flexibility index (Phi) is 5.86. The Morgan fingerprint density at radius 2 is 1.95 bits per heavy atom. The molecule has 116 valence electrons. The van der Waals surface area contributed by atoms with E-state index in [9.17, 15) is 9.18 Å². The lowest BCUT2D eigenvalue weighted by Crippen LogP contribution is -2.14. The number of carbonyl (C=O) groups excluding carboxylic acids is 1. The van der Waals surface area contributed by atoms with Gasteiger partial charge in [-0.1, -0.05) is 23.7 Å². The molecule has 2 aromatic rings. The Hall–Kier alpha value is -1.52. The van der Waals surface area contributed by atoms with Crippen LogP contribution in [-0.2, 0) is 10.5 Å². The molecule has 1 amide bonds. The predicted octanol–water partition coefficient (Wildman–Crippen LogP) is 4.97. The molecule has 2 nitrogen and oxygen atoms in total. The van der Waals surface area contributed by atoms with Crippen molar-refractivity contribution in [1.82, 2.24) is 0 Å². The fraction of sp³-hybridized carbons (Fsp3) is 0.235. The van der Waals surface area contributed by atoms with Gasteiger partial charge in [0.1, 0.15) is 5.82 Å². The summed E-state index contributed by atoms with van der Waals surface area (Å²) in [6.45, 7) is 4.03. The van der Waals surface area contributed by atoms with E-state index in [0.717, 1.165) is 11.3 Å². The summed E-state index contributed by atoms with van der Waals surface area (Å²) in [6.07, 6.45) is 0. The minimum Gasteiger partial charge on any atom is -0.325 e. The summed E-state index contributed by atoms with van der Waals surface area (Å²) in [5.41, 5.74) is 3.65. The van der Waals surface area contributed by atoms with Crippen LogP contribution >= 0.6 is 23.4 Å². The number of hydrogen-bond donors (Lipinski definition) is 1. The van der Waals surface area contributed by atoms with E-state index in [1.807, 2.05) is 32.0 Å². The zero-order valence-electron chi connectivity index (χ0n) is 12.5. The predicted molar refractivity (Wildman–Crippen MR) is 92.1 cm³/mol. The Labute approximate surface area is 139 Å². The van der Waals surface area contributed by atoms with Crippen LogP contribution in [0.3, 0.4) is 0 Å². The van der Waals surface area contributed by atoms with Gasteiger partial charge < -0.3 is 5.32 Å². The van der Waals surface area contributed by atoms with E-state index in [2.05, 4.69) is 5.32 Å². The zero-order valence-corrected chi connectivity index (χ0v) is 14.0. The fourth-order valence-corrected chi connectivity index (χ4v) is 2.88. The molecule has 5 heteroatoms. The molecule has 2 rings (SSSR count). The van der Waals surface area contributed by atoms with E-state index in [1.165, 1.54) is 23.4 Å². The van der Waals surface area contributed by atoms with Gasteiger partial charge in [-0.2, -0.15) is 0 Å². The monoisotopic (exact) mass is 337 g/mol. The standard InChI is InChI=1S/C17H17ClFNOS/c1-11-3-6-15(7-12(11)2)20-17(21)10-22-9-13-4-5-14(18)8-16(13)19/h3-8H,9-10H2,1-2H3,(H,20,21). The van der Waals surface area contributed by atoms with Gasteiger partial charge in [-0.15, -0.1) is 11.8 Å². The van der Waals surface area contributed by atoms with Gasteiger partial charge in [0.25, 0.3) is 0 Å². The number of benzene rings is 2.